The summed E-state index contributed by atoms with van der Waals surface area (Å²) in [4.78, 5) is 1.16. The van der Waals surface area contributed by atoms with Crippen LogP contribution < -0.4 is 0 Å². The second-order valence-electron chi connectivity index (χ2n) is 5.10. The SMILES string of the molecule is CCc1sccc1-n1nnc(-c2cccc(C(F)(F)F)c2)c1C. The Kier molecular flexibility index (Phi) is 3.97. The molecule has 120 valence electrons. The van der Waals surface area contributed by atoms with Crippen LogP contribution in [0.15, 0.2) is 35.7 Å². The van der Waals surface area contributed by atoms with E-state index in [1.807, 2.05) is 18.4 Å². The Morgan fingerprint density at radius 2 is 2.00 bits per heavy atom. The number of hydrogen-bond acceptors (Lipinski definition) is 3. The third kappa shape index (κ3) is 2.88. The summed E-state index contributed by atoms with van der Waals surface area (Å²) in [6.07, 6.45) is -3.51. The van der Waals surface area contributed by atoms with Gasteiger partial charge in [0.05, 0.1) is 16.9 Å². The van der Waals surface area contributed by atoms with Gasteiger partial charge in [0.1, 0.15) is 5.69 Å². The number of thiophene rings is 1. The summed E-state index contributed by atoms with van der Waals surface area (Å²) in [7, 11) is 0. The highest BCUT2D eigenvalue weighted by molar-refractivity contribution is 7.10. The van der Waals surface area contributed by atoms with Crippen LogP contribution in [0.3, 0.4) is 0 Å². The molecule has 0 N–H and O–H groups in total. The Morgan fingerprint density at radius 3 is 2.70 bits per heavy atom. The smallest absolute Gasteiger partial charge is 0.216 e. The van der Waals surface area contributed by atoms with Crippen LogP contribution in [0.2, 0.25) is 0 Å². The van der Waals surface area contributed by atoms with E-state index in [2.05, 4.69) is 17.2 Å². The van der Waals surface area contributed by atoms with Crippen LogP contribution in [-0.2, 0) is 12.6 Å². The van der Waals surface area contributed by atoms with E-state index in [9.17, 15) is 13.2 Å². The molecule has 0 fully saturated rings. The lowest BCUT2D eigenvalue weighted by Crippen LogP contribution is -2.04. The van der Waals surface area contributed by atoms with Gasteiger partial charge in [-0.05, 0) is 36.9 Å². The Morgan fingerprint density at radius 1 is 1.22 bits per heavy atom. The Bertz CT molecular complexity index is 833. The summed E-state index contributed by atoms with van der Waals surface area (Å²) in [5, 5.41) is 10.2. The minimum atomic E-state index is -4.37. The minimum Gasteiger partial charge on any atom is -0.216 e. The molecule has 2 aromatic heterocycles. The molecule has 1 aromatic carbocycles. The lowest BCUT2D eigenvalue weighted by molar-refractivity contribution is -0.137. The van der Waals surface area contributed by atoms with E-state index < -0.39 is 11.7 Å². The number of hydrogen-bond donors (Lipinski definition) is 0. The highest BCUT2D eigenvalue weighted by Gasteiger charge is 2.30. The average molecular weight is 337 g/mol. The van der Waals surface area contributed by atoms with Crippen molar-refractivity contribution < 1.29 is 13.2 Å². The monoisotopic (exact) mass is 337 g/mol. The van der Waals surface area contributed by atoms with Gasteiger partial charge in [-0.2, -0.15) is 13.2 Å². The summed E-state index contributed by atoms with van der Waals surface area (Å²) >= 11 is 1.63. The van der Waals surface area contributed by atoms with E-state index in [0.29, 0.717) is 11.3 Å². The zero-order valence-electron chi connectivity index (χ0n) is 12.6. The van der Waals surface area contributed by atoms with Gasteiger partial charge < -0.3 is 0 Å². The first-order valence-corrected chi connectivity index (χ1v) is 7.96. The predicted octanol–water partition coefficient (Wildman–Crippen LogP) is 4.89. The van der Waals surface area contributed by atoms with Gasteiger partial charge in [-0.3, -0.25) is 0 Å². The van der Waals surface area contributed by atoms with Crippen LogP contribution in [-0.4, -0.2) is 15.0 Å². The van der Waals surface area contributed by atoms with Gasteiger partial charge in [-0.1, -0.05) is 24.3 Å². The van der Waals surface area contributed by atoms with Crippen LogP contribution in [0.4, 0.5) is 13.2 Å². The third-order valence-electron chi connectivity index (χ3n) is 3.63. The molecule has 2 heterocycles. The van der Waals surface area contributed by atoms with Crippen LogP contribution in [0, 0.1) is 6.92 Å². The van der Waals surface area contributed by atoms with E-state index in [1.165, 1.54) is 6.07 Å². The number of nitrogens with zero attached hydrogens (tertiary/aromatic N) is 3. The number of alkyl halides is 3. The number of aryl methyl sites for hydroxylation is 1. The highest BCUT2D eigenvalue weighted by atomic mass is 32.1. The summed E-state index contributed by atoms with van der Waals surface area (Å²) in [5.74, 6) is 0. The van der Waals surface area contributed by atoms with Crippen molar-refractivity contribution in [3.8, 4) is 16.9 Å². The Labute approximate surface area is 135 Å². The summed E-state index contributed by atoms with van der Waals surface area (Å²) in [5.41, 5.74) is 1.84. The molecule has 3 nitrogen and oxygen atoms in total. The molecule has 0 amide bonds. The highest BCUT2D eigenvalue weighted by Crippen LogP contribution is 2.33. The molecule has 23 heavy (non-hydrogen) atoms. The molecule has 0 atom stereocenters. The van der Waals surface area contributed by atoms with Crippen LogP contribution in [0.25, 0.3) is 16.9 Å². The zero-order valence-corrected chi connectivity index (χ0v) is 13.4. The number of rotatable bonds is 3. The lowest BCUT2D eigenvalue weighted by Gasteiger charge is -2.08. The van der Waals surface area contributed by atoms with Gasteiger partial charge in [-0.15, -0.1) is 16.4 Å². The van der Waals surface area contributed by atoms with Gasteiger partial charge in [0, 0.05) is 10.4 Å². The zero-order chi connectivity index (χ0) is 16.6. The predicted molar refractivity (Wildman–Crippen MR) is 83.8 cm³/mol. The van der Waals surface area contributed by atoms with Crippen LogP contribution >= 0.6 is 11.3 Å². The van der Waals surface area contributed by atoms with Gasteiger partial charge in [0.25, 0.3) is 0 Å². The van der Waals surface area contributed by atoms with Gasteiger partial charge >= 0.3 is 6.18 Å². The van der Waals surface area contributed by atoms with Crippen molar-refractivity contribution in [2.75, 3.05) is 0 Å². The largest absolute Gasteiger partial charge is 0.416 e. The van der Waals surface area contributed by atoms with Gasteiger partial charge in [-0.25, -0.2) is 4.68 Å². The number of benzene rings is 1. The normalized spacial score (nSPS) is 11.9. The summed E-state index contributed by atoms with van der Waals surface area (Å²) in [6.45, 7) is 3.86. The molecule has 3 aromatic rings. The minimum absolute atomic E-state index is 0.414. The second-order valence-corrected chi connectivity index (χ2v) is 6.10. The van der Waals surface area contributed by atoms with Crippen molar-refractivity contribution in [3.05, 3.63) is 51.8 Å². The van der Waals surface area contributed by atoms with Crippen molar-refractivity contribution in [3.63, 3.8) is 0 Å². The fraction of sp³-hybridized carbons (Fsp3) is 0.250. The molecule has 7 heteroatoms. The molecular weight excluding hydrogens is 323 g/mol. The lowest BCUT2D eigenvalue weighted by atomic mass is 10.1. The van der Waals surface area contributed by atoms with Crippen molar-refractivity contribution in [1.29, 1.82) is 0 Å². The molecule has 0 spiro atoms. The fourth-order valence-electron chi connectivity index (χ4n) is 2.45. The van der Waals surface area contributed by atoms with Gasteiger partial charge in [0.15, 0.2) is 0 Å². The van der Waals surface area contributed by atoms with Crippen molar-refractivity contribution in [2.24, 2.45) is 0 Å². The van der Waals surface area contributed by atoms with E-state index in [-0.39, 0.29) is 0 Å². The van der Waals surface area contributed by atoms with Crippen molar-refractivity contribution in [1.82, 2.24) is 15.0 Å². The van der Waals surface area contributed by atoms with Crippen molar-refractivity contribution >= 4 is 11.3 Å². The number of halogens is 3. The molecule has 0 aliphatic rings. The molecule has 0 bridgehead atoms. The summed E-state index contributed by atoms with van der Waals surface area (Å²) in [6, 6.07) is 7.11. The van der Waals surface area contributed by atoms with Gasteiger partial charge in [0.2, 0.25) is 0 Å². The first kappa shape index (κ1) is 15.7. The van der Waals surface area contributed by atoms with E-state index in [4.69, 9.17) is 0 Å². The molecule has 0 aliphatic heterocycles. The molecule has 0 saturated heterocycles. The molecule has 0 aliphatic carbocycles. The molecule has 0 radical (unpaired) electrons. The summed E-state index contributed by atoms with van der Waals surface area (Å²) < 4.78 is 40.3. The van der Waals surface area contributed by atoms with Crippen LogP contribution in [0.5, 0.6) is 0 Å². The Hall–Kier alpha value is -2.15. The van der Waals surface area contributed by atoms with E-state index >= 15 is 0 Å². The number of aromatic nitrogens is 3. The molecule has 0 saturated carbocycles. The van der Waals surface area contributed by atoms with E-state index in [0.717, 1.165) is 34.8 Å². The van der Waals surface area contributed by atoms with E-state index in [1.54, 1.807) is 22.1 Å². The molecule has 3 rings (SSSR count). The first-order chi connectivity index (χ1) is 10.9. The average Bonchev–Trinajstić information content (AvgIpc) is 3.12. The maximum Gasteiger partial charge on any atom is 0.416 e. The Balaban J connectivity index is 2.07. The maximum absolute atomic E-state index is 12.9. The topological polar surface area (TPSA) is 30.7 Å². The molecular formula is C16H14F3N3S. The fourth-order valence-corrected chi connectivity index (χ4v) is 3.26. The quantitative estimate of drug-likeness (QED) is 0.681. The maximum atomic E-state index is 12.9. The van der Waals surface area contributed by atoms with Crippen LogP contribution in [0.1, 0.15) is 23.1 Å². The first-order valence-electron chi connectivity index (χ1n) is 7.08. The standard InChI is InChI=1S/C16H14F3N3S/c1-3-14-13(7-8-23-14)22-10(2)15(20-21-22)11-5-4-6-12(9-11)16(17,18)19/h4-9H,3H2,1-2H3. The molecule has 0 unspecified atom stereocenters. The van der Waals surface area contributed by atoms with Crippen molar-refractivity contribution in [2.45, 2.75) is 26.4 Å². The second kappa shape index (κ2) is 5.81. The third-order valence-corrected chi connectivity index (χ3v) is 4.68.